The van der Waals surface area contributed by atoms with Gasteiger partial charge in [-0.3, -0.25) is 4.39 Å². The van der Waals surface area contributed by atoms with Gasteiger partial charge < -0.3 is 54.1 Å². The summed E-state index contributed by atoms with van der Waals surface area (Å²) in [6, 6.07) is 44.1. The first-order valence-corrected chi connectivity index (χ1v) is 24.1. The maximum atomic E-state index is 12.7. The predicted molar refractivity (Wildman–Crippen MR) is 281 cm³/mol. The van der Waals surface area contributed by atoms with E-state index in [9.17, 15) is 28.4 Å². The normalized spacial score (nSPS) is 10.4. The molecule has 0 heterocycles. The Morgan fingerprint density at radius 1 is 0.521 bits per heavy atom. The zero-order chi connectivity index (χ0) is 54.3. The molecule has 388 valence electrons. The van der Waals surface area contributed by atoms with Crippen LogP contribution in [0, 0.1) is 0 Å². The van der Waals surface area contributed by atoms with Crippen LogP contribution < -0.4 is 30.0 Å². The van der Waals surface area contributed by atoms with Crippen molar-refractivity contribution in [1.29, 1.82) is 0 Å². The fraction of sp³-hybridized carbons (Fsp3) is 0.255. The molecule has 18 heteroatoms. The lowest BCUT2D eigenvalue weighted by atomic mass is 10.1. The van der Waals surface area contributed by atoms with Crippen molar-refractivity contribution in [3.8, 4) is 23.0 Å². The van der Waals surface area contributed by atoms with E-state index in [-0.39, 0.29) is 56.0 Å². The summed E-state index contributed by atoms with van der Waals surface area (Å²) < 4.78 is 64.6. The third-order valence-electron chi connectivity index (χ3n) is 9.42. The Kier molecular flexibility index (Phi) is 28.6. The standard InChI is InChI=1S/C31H35NO10.C22H19NO4.CH3F.CH3I/c33-15-16-37-17-18-38-19-20-39-21-22-40-31(36)32-14-13-24-11-12-27(41-29(34)25-7-3-1-4-8-25)28(23-24)42-30(35)26-9-5-2-6-10-26;23-14-13-16-11-12-19(26-21(24)17-7-3-1-4-8-17)20(15-16)27-22(25)18-9-5-2-6-10-18;2*1-2/h1-12,23,33H,13-22H2,(H,32,36);1-12,15H,13-14,23H2;2*1H3/i;;2*1D. The Bertz CT molecular complexity index is 2570. The number of hydrogen-bond acceptors (Lipinski definition) is 15. The number of nitrogens with one attached hydrogen (secondary N) is 1. The Morgan fingerprint density at radius 3 is 1.21 bits per heavy atom. The molecule has 0 spiro atoms. The molecule has 0 aliphatic rings. The van der Waals surface area contributed by atoms with Gasteiger partial charge in [-0.15, -0.1) is 0 Å². The third kappa shape index (κ3) is 23.4. The molecule has 0 unspecified atom stereocenters. The fourth-order valence-electron chi connectivity index (χ4n) is 6.00. The molecular formula is C55H60FIN2O14. The van der Waals surface area contributed by atoms with Gasteiger partial charge in [0, 0.05) is 7.92 Å². The van der Waals surface area contributed by atoms with Gasteiger partial charge >= 0.3 is 30.0 Å². The van der Waals surface area contributed by atoms with Gasteiger partial charge in [0.25, 0.3) is 0 Å². The highest BCUT2D eigenvalue weighted by molar-refractivity contribution is 14.1. The van der Waals surface area contributed by atoms with Crippen LogP contribution >= 0.6 is 22.6 Å². The van der Waals surface area contributed by atoms with Crippen molar-refractivity contribution in [2.45, 2.75) is 12.8 Å². The minimum atomic E-state index is -1.00. The first-order chi connectivity index (χ1) is 36.6. The van der Waals surface area contributed by atoms with Crippen LogP contribution in [0.1, 0.15) is 55.3 Å². The van der Waals surface area contributed by atoms with Crippen molar-refractivity contribution in [3.63, 3.8) is 0 Å². The van der Waals surface area contributed by atoms with Crippen LogP contribution in [0.25, 0.3) is 0 Å². The van der Waals surface area contributed by atoms with Crippen molar-refractivity contribution >= 4 is 52.6 Å². The van der Waals surface area contributed by atoms with E-state index in [1.807, 2.05) is 34.7 Å². The van der Waals surface area contributed by atoms with E-state index in [4.69, 9.17) is 51.5 Å². The average Bonchev–Trinajstić information content (AvgIpc) is 3.43. The zero-order valence-corrected chi connectivity index (χ0v) is 42.2. The summed E-state index contributed by atoms with van der Waals surface area (Å²) in [6.45, 7) is 2.78. The molecule has 6 aromatic carbocycles. The number of benzene rings is 6. The number of rotatable bonds is 24. The molecule has 0 saturated carbocycles. The molecule has 6 aromatic rings. The maximum Gasteiger partial charge on any atom is 0.407 e. The van der Waals surface area contributed by atoms with Gasteiger partial charge in [0.15, 0.2) is 23.0 Å². The van der Waals surface area contributed by atoms with E-state index in [1.165, 1.54) is 0 Å². The lowest BCUT2D eigenvalue weighted by molar-refractivity contribution is 0.000761. The van der Waals surface area contributed by atoms with Gasteiger partial charge in [-0.05, 0) is 108 Å². The first kappa shape index (κ1) is 56.8. The molecule has 16 nitrogen and oxygen atoms in total. The minimum absolute atomic E-state index is 0.0226. The highest BCUT2D eigenvalue weighted by atomic mass is 127. The number of nitrogens with two attached hydrogens (primary N) is 1. The van der Waals surface area contributed by atoms with Crippen LogP contribution in [0.2, 0.25) is 0 Å². The Balaban J connectivity index is 0.000000384. The van der Waals surface area contributed by atoms with E-state index in [2.05, 4.69) is 5.32 Å². The summed E-state index contributed by atoms with van der Waals surface area (Å²) in [7, 11) is -1.00. The van der Waals surface area contributed by atoms with Gasteiger partial charge in [0.05, 0.1) is 77.0 Å². The van der Waals surface area contributed by atoms with E-state index in [1.54, 1.807) is 146 Å². The molecule has 4 N–H and O–H groups in total. The Labute approximate surface area is 440 Å². The molecule has 0 fully saturated rings. The lowest BCUT2D eigenvalue weighted by Gasteiger charge is -2.13. The van der Waals surface area contributed by atoms with Crippen LogP contribution in [0.15, 0.2) is 158 Å². The number of carbonyl (C=O) groups is 5. The largest absolute Gasteiger partial charge is 0.447 e. The van der Waals surface area contributed by atoms with Crippen molar-refractivity contribution < 1.29 is 74.1 Å². The first-order valence-electron chi connectivity index (χ1n) is 24.0. The summed E-state index contributed by atoms with van der Waals surface area (Å²) >= 11 is 1.96. The molecule has 0 saturated heterocycles. The zero-order valence-electron chi connectivity index (χ0n) is 42.0. The fourth-order valence-corrected chi connectivity index (χ4v) is 6.00. The SMILES string of the molecule is NCCc1ccc(OC(=O)c2ccccc2)c(OC(=O)c2ccccc2)c1.O=C(NCCc1ccc(OC(=O)c2ccccc2)c(OC(=O)c2ccccc2)c1)OCCOCCOCCOCCO.[2H]CF.[2H]CI. The van der Waals surface area contributed by atoms with E-state index in [0.29, 0.717) is 73.0 Å². The number of alkyl halides is 2. The van der Waals surface area contributed by atoms with E-state index < -0.39 is 37.1 Å². The molecule has 73 heavy (non-hydrogen) atoms. The molecule has 0 bridgehead atoms. The Morgan fingerprint density at radius 2 is 0.849 bits per heavy atom. The second-order valence-corrected chi connectivity index (χ2v) is 14.5. The quantitative estimate of drug-likeness (QED) is 0.0170. The smallest absolute Gasteiger partial charge is 0.407 e. The summed E-state index contributed by atoms with van der Waals surface area (Å²) in [4.78, 5) is 62.6. The molecule has 0 aromatic heterocycles. The maximum absolute atomic E-state index is 12.7. The monoisotopic (exact) mass is 1120 g/mol. The molecule has 0 radical (unpaired) electrons. The molecule has 0 atom stereocenters. The summed E-state index contributed by atoms with van der Waals surface area (Å²) in [6.07, 6.45) is 0.413. The number of amides is 1. The topological polar surface area (TPSA) is 217 Å². The molecule has 0 aliphatic carbocycles. The number of carbonyl (C=O) groups excluding carboxylic acids is 5. The molecule has 1 amide bonds. The summed E-state index contributed by atoms with van der Waals surface area (Å²) in [5, 5.41) is 11.3. The average molecular weight is 1120 g/mol. The predicted octanol–water partition coefficient (Wildman–Crippen LogP) is 8.70. The van der Waals surface area contributed by atoms with Crippen LogP contribution in [-0.4, -0.2) is 113 Å². The van der Waals surface area contributed by atoms with Crippen molar-refractivity contribution in [2.75, 3.05) is 78.0 Å². The number of hydrogen-bond donors (Lipinski definition) is 3. The van der Waals surface area contributed by atoms with Gasteiger partial charge in [0.2, 0.25) is 0 Å². The van der Waals surface area contributed by atoms with E-state index in [0.717, 1.165) is 11.1 Å². The number of aliphatic hydroxyl groups is 1. The molecule has 0 aliphatic heterocycles. The van der Waals surface area contributed by atoms with Gasteiger partial charge in [-0.25, -0.2) is 24.0 Å². The highest BCUT2D eigenvalue weighted by Crippen LogP contribution is 2.32. The Hall–Kier alpha value is -7.07. The summed E-state index contributed by atoms with van der Waals surface area (Å²) in [5.74, 6) is -1.74. The number of ether oxygens (including phenoxy) is 8. The van der Waals surface area contributed by atoms with Gasteiger partial charge in [-0.2, -0.15) is 0 Å². The van der Waals surface area contributed by atoms with Crippen LogP contribution in [-0.2, 0) is 31.8 Å². The third-order valence-corrected chi connectivity index (χ3v) is 9.42. The number of alkyl carbamates (subject to hydrolysis) is 1. The highest BCUT2D eigenvalue weighted by Gasteiger charge is 2.19. The van der Waals surface area contributed by atoms with Crippen LogP contribution in [0.4, 0.5) is 9.18 Å². The lowest BCUT2D eigenvalue weighted by Crippen LogP contribution is -2.27. The number of halogens is 2. The second kappa shape index (κ2) is 36.8. The summed E-state index contributed by atoms with van der Waals surface area (Å²) in [5.41, 5.74) is 8.72. The van der Waals surface area contributed by atoms with Crippen molar-refractivity contribution in [1.82, 2.24) is 5.32 Å². The van der Waals surface area contributed by atoms with Crippen molar-refractivity contribution in [3.05, 3.63) is 191 Å². The van der Waals surface area contributed by atoms with Crippen LogP contribution in [0.5, 0.6) is 23.0 Å². The van der Waals surface area contributed by atoms with Gasteiger partial charge in [0.1, 0.15) is 6.61 Å². The van der Waals surface area contributed by atoms with Crippen molar-refractivity contribution in [2.24, 2.45) is 5.73 Å². The minimum Gasteiger partial charge on any atom is -0.447 e. The second-order valence-electron chi connectivity index (χ2n) is 14.5. The number of esters is 4. The number of aliphatic hydroxyl groups excluding tert-OH is 1. The molecule has 6 rings (SSSR count). The molecular weight excluding hydrogens is 1060 g/mol. The van der Waals surface area contributed by atoms with E-state index >= 15 is 0 Å². The van der Waals surface area contributed by atoms with Gasteiger partial charge in [-0.1, -0.05) is 108 Å². The van der Waals surface area contributed by atoms with Crippen LogP contribution in [0.3, 0.4) is 0 Å².